The van der Waals surface area contributed by atoms with E-state index in [1.165, 1.54) is 0 Å². The Kier molecular flexibility index (Phi) is 4.81. The highest BCUT2D eigenvalue weighted by Crippen LogP contribution is 2.32. The highest BCUT2D eigenvalue weighted by atomic mass is 32.2. The average molecular weight is 359 g/mol. The van der Waals surface area contributed by atoms with Crippen molar-refractivity contribution in [2.75, 3.05) is 5.75 Å². The number of carbonyl (C=O) groups excluding carboxylic acids is 1. The minimum atomic E-state index is -3.27. The smallest absolute Gasteiger partial charge is 0.261 e. The van der Waals surface area contributed by atoms with Crippen LogP contribution in [0.15, 0.2) is 53.4 Å². The van der Waals surface area contributed by atoms with E-state index < -0.39 is 15.9 Å². The number of aryl methyl sites for hydroxylation is 1. The summed E-state index contributed by atoms with van der Waals surface area (Å²) in [4.78, 5) is 12.8. The topological polar surface area (TPSA) is 72.5 Å². The molecule has 1 aliphatic rings. The second kappa shape index (κ2) is 6.88. The van der Waals surface area contributed by atoms with Gasteiger partial charge in [-0.05, 0) is 44.0 Å². The molecule has 0 saturated carbocycles. The summed E-state index contributed by atoms with van der Waals surface area (Å²) in [6.45, 7) is 3.66. The number of hydrogen-bond donors (Lipinski definition) is 1. The molecule has 1 amide bonds. The predicted molar refractivity (Wildman–Crippen MR) is 95.3 cm³/mol. The van der Waals surface area contributed by atoms with Crippen LogP contribution in [-0.2, 0) is 14.6 Å². The Bertz CT molecular complexity index is 875. The number of hydrogen-bond acceptors (Lipinski definition) is 4. The van der Waals surface area contributed by atoms with E-state index in [0.717, 1.165) is 5.56 Å². The quantitative estimate of drug-likeness (QED) is 0.911. The molecular weight excluding hydrogens is 338 g/mol. The molecule has 0 unspecified atom stereocenters. The highest BCUT2D eigenvalue weighted by molar-refractivity contribution is 7.91. The van der Waals surface area contributed by atoms with Crippen molar-refractivity contribution in [1.82, 2.24) is 5.32 Å². The van der Waals surface area contributed by atoms with E-state index in [9.17, 15) is 13.2 Å². The molecule has 1 heterocycles. The number of nitrogens with one attached hydrogen (secondary N) is 1. The van der Waals surface area contributed by atoms with Gasteiger partial charge in [0.25, 0.3) is 5.91 Å². The lowest BCUT2D eigenvalue weighted by Gasteiger charge is -2.27. The zero-order valence-corrected chi connectivity index (χ0v) is 15.0. The molecule has 6 heteroatoms. The molecule has 3 rings (SSSR count). The van der Waals surface area contributed by atoms with Gasteiger partial charge in [0.1, 0.15) is 5.75 Å². The number of rotatable bonds is 4. The zero-order chi connectivity index (χ0) is 18.0. The van der Waals surface area contributed by atoms with Crippen molar-refractivity contribution in [2.24, 2.45) is 0 Å². The Morgan fingerprint density at radius 2 is 1.84 bits per heavy atom. The second-order valence-electron chi connectivity index (χ2n) is 6.28. The van der Waals surface area contributed by atoms with Gasteiger partial charge in [-0.3, -0.25) is 4.79 Å². The Balaban J connectivity index is 1.71. The van der Waals surface area contributed by atoms with Crippen molar-refractivity contribution in [2.45, 2.75) is 37.3 Å². The predicted octanol–water partition coefficient (Wildman–Crippen LogP) is 2.80. The number of amides is 1. The first-order valence-corrected chi connectivity index (χ1v) is 9.87. The lowest BCUT2D eigenvalue weighted by atomic mass is 10.0. The Morgan fingerprint density at radius 3 is 2.56 bits per heavy atom. The second-order valence-corrected chi connectivity index (χ2v) is 8.36. The third-order valence-corrected chi connectivity index (χ3v) is 6.14. The van der Waals surface area contributed by atoms with Crippen LogP contribution in [0.25, 0.3) is 0 Å². The summed E-state index contributed by atoms with van der Waals surface area (Å²) in [5, 5.41) is 2.92. The summed E-state index contributed by atoms with van der Waals surface area (Å²) in [6.07, 6.45) is -0.309. The molecule has 0 bridgehead atoms. The Labute approximate surface area is 147 Å². The van der Waals surface area contributed by atoms with Gasteiger partial charge in [0, 0.05) is 0 Å². The molecule has 0 saturated heterocycles. The summed E-state index contributed by atoms with van der Waals surface area (Å²) in [6, 6.07) is 14.0. The molecule has 0 spiro atoms. The maximum Gasteiger partial charge on any atom is 0.261 e. The van der Waals surface area contributed by atoms with Gasteiger partial charge < -0.3 is 10.1 Å². The number of ether oxygens (including phenoxy) is 1. The van der Waals surface area contributed by atoms with Crippen LogP contribution in [0.1, 0.15) is 30.5 Å². The molecule has 2 aromatic rings. The van der Waals surface area contributed by atoms with Crippen molar-refractivity contribution < 1.29 is 17.9 Å². The molecule has 0 aromatic heterocycles. The van der Waals surface area contributed by atoms with Crippen molar-refractivity contribution >= 4 is 15.7 Å². The van der Waals surface area contributed by atoms with Gasteiger partial charge in [0.05, 0.1) is 16.7 Å². The fourth-order valence-corrected chi connectivity index (χ4v) is 4.52. The summed E-state index contributed by atoms with van der Waals surface area (Å²) in [5.41, 5.74) is 1.76. The van der Waals surface area contributed by atoms with E-state index in [1.807, 2.05) is 31.2 Å². The molecule has 25 heavy (non-hydrogen) atoms. The molecule has 0 aliphatic carbocycles. The molecule has 0 radical (unpaired) electrons. The highest BCUT2D eigenvalue weighted by Gasteiger charge is 2.31. The van der Waals surface area contributed by atoms with Crippen LogP contribution in [0, 0.1) is 6.92 Å². The number of carbonyl (C=O) groups is 1. The molecule has 0 fully saturated rings. The molecular formula is C19H21NO4S. The van der Waals surface area contributed by atoms with Crippen LogP contribution in [-0.4, -0.2) is 26.2 Å². The summed E-state index contributed by atoms with van der Waals surface area (Å²) in [5.74, 6) is 0.391. The molecule has 2 atom stereocenters. The van der Waals surface area contributed by atoms with Crippen LogP contribution in [0.5, 0.6) is 5.75 Å². The maximum absolute atomic E-state index is 12.5. The van der Waals surface area contributed by atoms with Crippen LogP contribution >= 0.6 is 0 Å². The average Bonchev–Trinajstić information content (AvgIpc) is 2.59. The van der Waals surface area contributed by atoms with Gasteiger partial charge in [-0.15, -0.1) is 0 Å². The van der Waals surface area contributed by atoms with Crippen molar-refractivity contribution in [1.29, 1.82) is 0 Å². The number of fused-ring (bicyclic) bond motifs is 1. The van der Waals surface area contributed by atoms with E-state index in [4.69, 9.17) is 4.74 Å². The number of benzene rings is 2. The van der Waals surface area contributed by atoms with E-state index in [2.05, 4.69) is 5.32 Å². The van der Waals surface area contributed by atoms with Gasteiger partial charge in [-0.25, -0.2) is 8.42 Å². The third-order valence-electron chi connectivity index (χ3n) is 4.32. The standard InChI is InChI=1S/C19H21NO4S/c1-13-7-9-15(10-8-13)24-14(2)19(21)20-17-11-12-25(22,23)18-6-4-3-5-16(17)18/h3-10,14,17H,11-12H2,1-2H3,(H,20,21)/t14-,17+/m0/s1. The first kappa shape index (κ1) is 17.5. The van der Waals surface area contributed by atoms with E-state index >= 15 is 0 Å². The normalized spacial score (nSPS) is 19.5. The van der Waals surface area contributed by atoms with Crippen LogP contribution in [0.4, 0.5) is 0 Å². The van der Waals surface area contributed by atoms with Gasteiger partial charge in [0.2, 0.25) is 0 Å². The zero-order valence-electron chi connectivity index (χ0n) is 14.2. The molecule has 5 nitrogen and oxygen atoms in total. The minimum Gasteiger partial charge on any atom is -0.481 e. The van der Waals surface area contributed by atoms with E-state index in [-0.39, 0.29) is 17.7 Å². The largest absolute Gasteiger partial charge is 0.481 e. The first-order chi connectivity index (χ1) is 11.9. The van der Waals surface area contributed by atoms with Gasteiger partial charge >= 0.3 is 0 Å². The first-order valence-electron chi connectivity index (χ1n) is 8.22. The third kappa shape index (κ3) is 3.85. The van der Waals surface area contributed by atoms with E-state index in [0.29, 0.717) is 22.6 Å². The summed E-state index contributed by atoms with van der Waals surface area (Å²) in [7, 11) is -3.27. The van der Waals surface area contributed by atoms with Crippen molar-refractivity contribution in [3.05, 3.63) is 59.7 Å². The molecule has 1 N–H and O–H groups in total. The van der Waals surface area contributed by atoms with Crippen LogP contribution < -0.4 is 10.1 Å². The van der Waals surface area contributed by atoms with Gasteiger partial charge in [-0.2, -0.15) is 0 Å². The molecule has 1 aliphatic heterocycles. The monoisotopic (exact) mass is 359 g/mol. The van der Waals surface area contributed by atoms with Crippen molar-refractivity contribution in [3.63, 3.8) is 0 Å². The van der Waals surface area contributed by atoms with Gasteiger partial charge in [-0.1, -0.05) is 35.9 Å². The Hall–Kier alpha value is -2.34. The van der Waals surface area contributed by atoms with Crippen molar-refractivity contribution in [3.8, 4) is 5.75 Å². The van der Waals surface area contributed by atoms with Crippen LogP contribution in [0.2, 0.25) is 0 Å². The summed E-state index contributed by atoms with van der Waals surface area (Å²) < 4.78 is 30.0. The molecule has 2 aromatic carbocycles. The lowest BCUT2D eigenvalue weighted by Crippen LogP contribution is -2.40. The molecule has 132 valence electrons. The fraction of sp³-hybridized carbons (Fsp3) is 0.316. The number of sulfone groups is 1. The van der Waals surface area contributed by atoms with Gasteiger partial charge in [0.15, 0.2) is 15.9 Å². The maximum atomic E-state index is 12.5. The SMILES string of the molecule is Cc1ccc(O[C@@H](C)C(=O)N[C@@H]2CCS(=O)(=O)c3ccccc32)cc1. The van der Waals surface area contributed by atoms with Crippen LogP contribution in [0.3, 0.4) is 0 Å². The Morgan fingerprint density at radius 1 is 1.16 bits per heavy atom. The summed E-state index contributed by atoms with van der Waals surface area (Å²) >= 11 is 0. The lowest BCUT2D eigenvalue weighted by molar-refractivity contribution is -0.128. The minimum absolute atomic E-state index is 0.0299. The van der Waals surface area contributed by atoms with E-state index in [1.54, 1.807) is 31.2 Å². The fourth-order valence-electron chi connectivity index (χ4n) is 2.90.